The van der Waals surface area contributed by atoms with Gasteiger partial charge in [0.05, 0.1) is 18.9 Å². The van der Waals surface area contributed by atoms with E-state index in [1.807, 2.05) is 25.3 Å². The average molecular weight is 332 g/mol. The number of hydrogen-bond donors (Lipinski definition) is 1. The molecule has 3 rings (SSSR count). The first kappa shape index (κ1) is 15.9. The van der Waals surface area contributed by atoms with E-state index in [0.29, 0.717) is 32.8 Å². The van der Waals surface area contributed by atoms with Gasteiger partial charge in [-0.1, -0.05) is 0 Å². The molecule has 0 bridgehead atoms. The molecule has 1 N–H and O–H groups in total. The van der Waals surface area contributed by atoms with Crippen LogP contribution in [-0.4, -0.2) is 53.7 Å². The number of morpholine rings is 1. The lowest BCUT2D eigenvalue weighted by Gasteiger charge is -2.26. The number of carbonyl (C=O) groups is 1. The summed E-state index contributed by atoms with van der Waals surface area (Å²) < 4.78 is 5.25. The third-order valence-electron chi connectivity index (χ3n) is 3.73. The zero-order valence-electron chi connectivity index (χ0n) is 13.1. The van der Waals surface area contributed by atoms with Crippen molar-refractivity contribution in [2.45, 2.75) is 13.3 Å². The lowest BCUT2D eigenvalue weighted by Crippen LogP contribution is -2.46. The molecule has 6 nitrogen and oxygen atoms in total. The number of amides is 2. The Morgan fingerprint density at radius 2 is 2.26 bits per heavy atom. The average Bonchev–Trinajstić information content (AvgIpc) is 2.97. The molecule has 2 aromatic rings. The van der Waals surface area contributed by atoms with Crippen molar-refractivity contribution in [3.63, 3.8) is 0 Å². The normalized spacial score (nSPS) is 14.7. The Morgan fingerprint density at radius 3 is 3.00 bits per heavy atom. The number of aryl methyl sites for hydroxylation is 1. The van der Waals surface area contributed by atoms with Crippen molar-refractivity contribution in [3.05, 3.63) is 35.1 Å². The van der Waals surface area contributed by atoms with Crippen molar-refractivity contribution >= 4 is 17.4 Å². The van der Waals surface area contributed by atoms with Gasteiger partial charge in [0.25, 0.3) is 0 Å². The Balaban J connectivity index is 1.54. The van der Waals surface area contributed by atoms with Gasteiger partial charge < -0.3 is 15.0 Å². The summed E-state index contributed by atoms with van der Waals surface area (Å²) in [7, 11) is 0. The summed E-state index contributed by atoms with van der Waals surface area (Å²) in [6.07, 6.45) is 4.37. The van der Waals surface area contributed by atoms with Gasteiger partial charge in [0.2, 0.25) is 0 Å². The van der Waals surface area contributed by atoms with E-state index in [2.05, 4.69) is 15.3 Å². The zero-order chi connectivity index (χ0) is 16.1. The van der Waals surface area contributed by atoms with E-state index in [4.69, 9.17) is 4.74 Å². The number of aromatic nitrogens is 2. The SMILES string of the molecule is Cc1nc(-c2cccnc2)sc1CCNC(=O)N1CCOCC1. The Bertz CT molecular complexity index is 653. The van der Waals surface area contributed by atoms with Crippen molar-refractivity contribution in [3.8, 4) is 10.6 Å². The summed E-state index contributed by atoms with van der Waals surface area (Å²) >= 11 is 1.66. The Morgan fingerprint density at radius 1 is 1.43 bits per heavy atom. The number of pyridine rings is 1. The first-order chi connectivity index (χ1) is 11.2. The minimum absolute atomic E-state index is 0.0112. The van der Waals surface area contributed by atoms with Crippen LogP contribution in [0.4, 0.5) is 4.79 Å². The number of nitrogens with one attached hydrogen (secondary N) is 1. The molecule has 1 saturated heterocycles. The third kappa shape index (κ3) is 4.05. The molecule has 122 valence electrons. The molecule has 0 aromatic carbocycles. The van der Waals surface area contributed by atoms with Gasteiger partial charge >= 0.3 is 6.03 Å². The second kappa shape index (κ2) is 7.52. The number of carbonyl (C=O) groups excluding carboxylic acids is 1. The van der Waals surface area contributed by atoms with Crippen molar-refractivity contribution in [1.82, 2.24) is 20.2 Å². The molecule has 2 aromatic heterocycles. The standard InChI is InChI=1S/C16H20N4O2S/c1-12-14(23-15(19-12)13-3-2-5-17-11-13)4-6-18-16(21)20-7-9-22-10-8-20/h2-3,5,11H,4,6-10H2,1H3,(H,18,21). The first-order valence-corrected chi connectivity index (χ1v) is 8.53. The molecule has 0 aliphatic carbocycles. The number of urea groups is 1. The fourth-order valence-corrected chi connectivity index (χ4v) is 3.49. The van der Waals surface area contributed by atoms with Crippen LogP contribution < -0.4 is 5.32 Å². The minimum atomic E-state index is -0.0112. The van der Waals surface area contributed by atoms with Gasteiger partial charge in [-0.15, -0.1) is 11.3 Å². The van der Waals surface area contributed by atoms with E-state index in [-0.39, 0.29) is 6.03 Å². The fourth-order valence-electron chi connectivity index (χ4n) is 2.43. The van der Waals surface area contributed by atoms with Crippen LogP contribution in [0.25, 0.3) is 10.6 Å². The molecule has 7 heteroatoms. The molecule has 3 heterocycles. The molecule has 1 aliphatic heterocycles. The third-order valence-corrected chi connectivity index (χ3v) is 4.99. The van der Waals surface area contributed by atoms with Crippen molar-refractivity contribution in [2.24, 2.45) is 0 Å². The number of thiazole rings is 1. The molecule has 0 spiro atoms. The van der Waals surface area contributed by atoms with Gasteiger partial charge in [-0.3, -0.25) is 4.98 Å². The molecule has 0 unspecified atom stereocenters. The van der Waals surface area contributed by atoms with Gasteiger partial charge in [-0.05, 0) is 19.1 Å². The molecule has 0 atom stereocenters. The zero-order valence-corrected chi connectivity index (χ0v) is 13.9. The topological polar surface area (TPSA) is 67.4 Å². The van der Waals surface area contributed by atoms with E-state index < -0.39 is 0 Å². The highest BCUT2D eigenvalue weighted by molar-refractivity contribution is 7.15. The Kier molecular flexibility index (Phi) is 5.19. The van der Waals surface area contributed by atoms with Gasteiger partial charge in [-0.2, -0.15) is 0 Å². The lowest BCUT2D eigenvalue weighted by atomic mass is 10.3. The van der Waals surface area contributed by atoms with Gasteiger partial charge in [0.15, 0.2) is 0 Å². The summed E-state index contributed by atoms with van der Waals surface area (Å²) in [6, 6.07) is 3.91. The minimum Gasteiger partial charge on any atom is -0.378 e. The summed E-state index contributed by atoms with van der Waals surface area (Å²) in [5.41, 5.74) is 2.05. The lowest BCUT2D eigenvalue weighted by molar-refractivity contribution is 0.0533. The molecular formula is C16H20N4O2S. The van der Waals surface area contributed by atoms with Crippen LogP contribution in [0.1, 0.15) is 10.6 Å². The van der Waals surface area contributed by atoms with Crippen molar-refractivity contribution < 1.29 is 9.53 Å². The Labute approximate surface area is 139 Å². The summed E-state index contributed by atoms with van der Waals surface area (Å²) in [5.74, 6) is 0. The summed E-state index contributed by atoms with van der Waals surface area (Å²) in [4.78, 5) is 23.8. The summed E-state index contributed by atoms with van der Waals surface area (Å²) in [5, 5.41) is 3.95. The van der Waals surface area contributed by atoms with Crippen LogP contribution in [-0.2, 0) is 11.2 Å². The van der Waals surface area contributed by atoms with Crippen LogP contribution in [0.2, 0.25) is 0 Å². The van der Waals surface area contributed by atoms with Gasteiger partial charge in [-0.25, -0.2) is 9.78 Å². The second-order valence-corrected chi connectivity index (χ2v) is 6.43. The quantitative estimate of drug-likeness (QED) is 0.931. The molecule has 1 aliphatic rings. The van der Waals surface area contributed by atoms with Crippen LogP contribution in [0, 0.1) is 6.92 Å². The highest BCUT2D eigenvalue weighted by Gasteiger charge is 2.16. The number of rotatable bonds is 4. The predicted octanol–water partition coefficient (Wildman–Crippen LogP) is 2.10. The van der Waals surface area contributed by atoms with E-state index in [0.717, 1.165) is 22.7 Å². The maximum Gasteiger partial charge on any atom is 0.317 e. The van der Waals surface area contributed by atoms with Crippen LogP contribution in [0.3, 0.4) is 0 Å². The number of nitrogens with zero attached hydrogens (tertiary/aromatic N) is 3. The second-order valence-electron chi connectivity index (χ2n) is 5.35. The largest absolute Gasteiger partial charge is 0.378 e. The molecule has 0 radical (unpaired) electrons. The highest BCUT2D eigenvalue weighted by atomic mass is 32.1. The van der Waals surface area contributed by atoms with Crippen molar-refractivity contribution in [2.75, 3.05) is 32.8 Å². The molecule has 1 fully saturated rings. The maximum atomic E-state index is 12.0. The van der Waals surface area contributed by atoms with Crippen LogP contribution in [0.15, 0.2) is 24.5 Å². The molecule has 0 saturated carbocycles. The van der Waals surface area contributed by atoms with E-state index in [9.17, 15) is 4.79 Å². The fraction of sp³-hybridized carbons (Fsp3) is 0.438. The van der Waals surface area contributed by atoms with E-state index in [1.165, 1.54) is 4.88 Å². The predicted molar refractivity (Wildman–Crippen MR) is 89.6 cm³/mol. The first-order valence-electron chi connectivity index (χ1n) is 7.71. The molecular weight excluding hydrogens is 312 g/mol. The van der Waals surface area contributed by atoms with Crippen molar-refractivity contribution in [1.29, 1.82) is 0 Å². The molecule has 23 heavy (non-hydrogen) atoms. The Hall–Kier alpha value is -1.99. The monoisotopic (exact) mass is 332 g/mol. The van der Waals surface area contributed by atoms with Gasteiger partial charge in [0, 0.05) is 48.9 Å². The van der Waals surface area contributed by atoms with E-state index in [1.54, 1.807) is 22.4 Å². The smallest absolute Gasteiger partial charge is 0.317 e. The van der Waals surface area contributed by atoms with Crippen LogP contribution in [0.5, 0.6) is 0 Å². The maximum absolute atomic E-state index is 12.0. The van der Waals surface area contributed by atoms with E-state index >= 15 is 0 Å². The highest BCUT2D eigenvalue weighted by Crippen LogP contribution is 2.27. The van der Waals surface area contributed by atoms with Crippen LogP contribution >= 0.6 is 11.3 Å². The summed E-state index contributed by atoms with van der Waals surface area (Å²) in [6.45, 7) is 5.19. The number of hydrogen-bond acceptors (Lipinski definition) is 5. The van der Waals surface area contributed by atoms with Gasteiger partial charge in [0.1, 0.15) is 5.01 Å². The number of ether oxygens (including phenoxy) is 1. The molecule has 2 amide bonds.